The lowest BCUT2D eigenvalue weighted by Gasteiger charge is -2.19. The zero-order valence-electron chi connectivity index (χ0n) is 12.7. The molecule has 104 valence electrons. The Morgan fingerprint density at radius 3 is 2.45 bits per heavy atom. The van der Waals surface area contributed by atoms with Crippen molar-refractivity contribution in [2.45, 2.75) is 39.8 Å². The van der Waals surface area contributed by atoms with Crippen LogP contribution in [-0.2, 0) is 6.54 Å². The van der Waals surface area contributed by atoms with Crippen molar-refractivity contribution in [3.63, 3.8) is 0 Å². The summed E-state index contributed by atoms with van der Waals surface area (Å²) in [6.45, 7) is 9.10. The molecule has 1 aromatic heterocycles. The first kappa shape index (κ1) is 14.4. The van der Waals surface area contributed by atoms with Crippen molar-refractivity contribution in [3.05, 3.63) is 53.3 Å². The van der Waals surface area contributed by atoms with Gasteiger partial charge in [-0.15, -0.1) is 6.42 Å². The van der Waals surface area contributed by atoms with Crippen LogP contribution >= 0.6 is 0 Å². The van der Waals surface area contributed by atoms with Crippen LogP contribution in [-0.4, -0.2) is 10.1 Å². The molecule has 0 atom stereocenters. The fourth-order valence-electron chi connectivity index (χ4n) is 2.35. The monoisotopic (exact) mass is 266 g/mol. The molecule has 1 N–H and O–H groups in total. The molecule has 0 saturated carbocycles. The van der Waals surface area contributed by atoms with Gasteiger partial charge in [0.25, 0.3) is 0 Å². The first-order chi connectivity index (χ1) is 9.44. The fraction of sp³-hybridized carbons (Fsp3) is 0.333. The van der Waals surface area contributed by atoms with Crippen LogP contribution in [0.3, 0.4) is 0 Å². The van der Waals surface area contributed by atoms with Crippen LogP contribution in [0.15, 0.2) is 36.4 Å². The average Bonchev–Trinajstić information content (AvgIpc) is 2.72. The Kier molecular flexibility index (Phi) is 4.01. The van der Waals surface area contributed by atoms with Crippen molar-refractivity contribution in [1.29, 1.82) is 0 Å². The van der Waals surface area contributed by atoms with Gasteiger partial charge in [0.2, 0.25) is 0 Å². The number of terminal acetylenes is 1. The second-order valence-corrected chi connectivity index (χ2v) is 5.69. The Balaban J connectivity index is 2.29. The maximum atomic E-state index is 5.52. The highest BCUT2D eigenvalue weighted by atomic mass is 15.0. The lowest BCUT2D eigenvalue weighted by atomic mass is 10.1. The van der Waals surface area contributed by atoms with Gasteiger partial charge in [-0.3, -0.25) is 5.32 Å². The summed E-state index contributed by atoms with van der Waals surface area (Å²) in [5.74, 6) is 2.77. The van der Waals surface area contributed by atoms with Gasteiger partial charge in [0, 0.05) is 23.6 Å². The Bertz CT molecular complexity index is 627. The third kappa shape index (κ3) is 2.95. The number of benzene rings is 1. The molecule has 2 aromatic rings. The zero-order valence-corrected chi connectivity index (χ0v) is 12.7. The molecule has 0 aliphatic carbocycles. The summed E-state index contributed by atoms with van der Waals surface area (Å²) in [6, 6.07) is 12.6. The van der Waals surface area contributed by atoms with E-state index in [4.69, 9.17) is 6.42 Å². The number of hydrogen-bond donors (Lipinski definition) is 1. The number of rotatable bonds is 4. The first-order valence-electron chi connectivity index (χ1n) is 6.90. The van der Waals surface area contributed by atoms with Crippen molar-refractivity contribution in [3.8, 4) is 18.0 Å². The molecule has 0 aliphatic heterocycles. The summed E-state index contributed by atoms with van der Waals surface area (Å²) in [6.07, 6.45) is 5.52. The smallest absolute Gasteiger partial charge is 0.0743 e. The molecule has 20 heavy (non-hydrogen) atoms. The van der Waals surface area contributed by atoms with Crippen molar-refractivity contribution in [1.82, 2.24) is 9.88 Å². The van der Waals surface area contributed by atoms with E-state index in [2.05, 4.69) is 60.0 Å². The van der Waals surface area contributed by atoms with Gasteiger partial charge in [0.05, 0.1) is 5.54 Å². The van der Waals surface area contributed by atoms with E-state index in [0.29, 0.717) is 0 Å². The van der Waals surface area contributed by atoms with Crippen molar-refractivity contribution >= 4 is 0 Å². The molecule has 0 amide bonds. The van der Waals surface area contributed by atoms with E-state index in [-0.39, 0.29) is 5.54 Å². The third-order valence-electron chi connectivity index (χ3n) is 3.63. The van der Waals surface area contributed by atoms with Crippen LogP contribution in [0.25, 0.3) is 5.69 Å². The topological polar surface area (TPSA) is 17.0 Å². The Morgan fingerprint density at radius 1 is 1.20 bits per heavy atom. The van der Waals surface area contributed by atoms with Gasteiger partial charge in [-0.2, -0.15) is 0 Å². The quantitative estimate of drug-likeness (QED) is 0.837. The molecule has 0 spiro atoms. The van der Waals surface area contributed by atoms with Crippen molar-refractivity contribution < 1.29 is 0 Å². The van der Waals surface area contributed by atoms with E-state index >= 15 is 0 Å². The SMILES string of the molecule is C#CC(C)(C)NCc1cc(C)n(-c2ccccc2)c1C. The summed E-state index contributed by atoms with van der Waals surface area (Å²) in [5, 5.41) is 3.41. The summed E-state index contributed by atoms with van der Waals surface area (Å²) in [7, 11) is 0. The Hall–Kier alpha value is -1.98. The second-order valence-electron chi connectivity index (χ2n) is 5.69. The van der Waals surface area contributed by atoms with Gasteiger partial charge in [0.15, 0.2) is 0 Å². The van der Waals surface area contributed by atoms with E-state index < -0.39 is 0 Å². The number of aromatic nitrogens is 1. The maximum Gasteiger partial charge on any atom is 0.0743 e. The normalized spacial score (nSPS) is 11.3. The molecular weight excluding hydrogens is 244 g/mol. The van der Waals surface area contributed by atoms with Gasteiger partial charge < -0.3 is 4.57 Å². The van der Waals surface area contributed by atoms with E-state index in [1.54, 1.807) is 0 Å². The van der Waals surface area contributed by atoms with Gasteiger partial charge >= 0.3 is 0 Å². The molecule has 1 aromatic carbocycles. The predicted molar refractivity (Wildman–Crippen MR) is 85.0 cm³/mol. The van der Waals surface area contributed by atoms with Crippen molar-refractivity contribution in [2.24, 2.45) is 0 Å². The van der Waals surface area contributed by atoms with Crippen molar-refractivity contribution in [2.75, 3.05) is 0 Å². The molecule has 0 aliphatic rings. The number of hydrogen-bond acceptors (Lipinski definition) is 1. The molecule has 2 heteroatoms. The number of para-hydroxylation sites is 1. The number of nitrogens with zero attached hydrogens (tertiary/aromatic N) is 1. The molecule has 2 nitrogen and oxygen atoms in total. The fourth-order valence-corrected chi connectivity index (χ4v) is 2.35. The van der Waals surface area contributed by atoms with Gasteiger partial charge in [-0.25, -0.2) is 0 Å². The molecular formula is C18H22N2. The lowest BCUT2D eigenvalue weighted by molar-refractivity contribution is 0.490. The second kappa shape index (κ2) is 5.56. The van der Waals surface area contributed by atoms with E-state index in [1.165, 1.54) is 22.6 Å². The van der Waals surface area contributed by atoms with E-state index in [1.807, 2.05) is 19.9 Å². The highest BCUT2D eigenvalue weighted by Crippen LogP contribution is 2.21. The van der Waals surface area contributed by atoms with Crippen LogP contribution in [0.4, 0.5) is 0 Å². The van der Waals surface area contributed by atoms with Crippen LogP contribution < -0.4 is 5.32 Å². The minimum atomic E-state index is -0.283. The van der Waals surface area contributed by atoms with Gasteiger partial charge in [-0.1, -0.05) is 24.1 Å². The van der Waals surface area contributed by atoms with Gasteiger partial charge in [-0.05, 0) is 51.5 Å². The molecule has 0 fully saturated rings. The molecule has 1 heterocycles. The van der Waals surface area contributed by atoms with Crippen LogP contribution in [0.1, 0.15) is 30.8 Å². The molecule has 0 unspecified atom stereocenters. The minimum absolute atomic E-state index is 0.283. The third-order valence-corrected chi connectivity index (χ3v) is 3.63. The molecule has 0 saturated heterocycles. The maximum absolute atomic E-state index is 5.52. The summed E-state index contributed by atoms with van der Waals surface area (Å²) < 4.78 is 2.28. The first-order valence-corrected chi connectivity index (χ1v) is 6.90. The summed E-state index contributed by atoms with van der Waals surface area (Å²) in [4.78, 5) is 0. The standard InChI is InChI=1S/C18H22N2/c1-6-18(4,5)19-13-16-12-14(2)20(15(16)3)17-10-8-7-9-11-17/h1,7-12,19H,13H2,2-5H3. The minimum Gasteiger partial charge on any atom is -0.318 e. The number of aryl methyl sites for hydroxylation is 1. The zero-order chi connectivity index (χ0) is 14.8. The highest BCUT2D eigenvalue weighted by Gasteiger charge is 2.15. The Morgan fingerprint density at radius 2 is 1.85 bits per heavy atom. The van der Waals surface area contributed by atoms with Crippen LogP contribution in [0, 0.1) is 26.2 Å². The molecule has 2 rings (SSSR count). The summed E-state index contributed by atoms with van der Waals surface area (Å²) >= 11 is 0. The van der Waals surface area contributed by atoms with Crippen LogP contribution in [0.5, 0.6) is 0 Å². The molecule has 0 radical (unpaired) electrons. The average molecular weight is 266 g/mol. The predicted octanol–water partition coefficient (Wildman–Crippen LogP) is 3.60. The van der Waals surface area contributed by atoms with E-state index in [0.717, 1.165) is 6.54 Å². The summed E-state index contributed by atoms with van der Waals surface area (Å²) in [5.41, 5.74) is 4.70. The molecule has 0 bridgehead atoms. The van der Waals surface area contributed by atoms with Gasteiger partial charge in [0.1, 0.15) is 0 Å². The van der Waals surface area contributed by atoms with E-state index in [9.17, 15) is 0 Å². The number of nitrogens with one attached hydrogen (secondary N) is 1. The highest BCUT2D eigenvalue weighted by molar-refractivity contribution is 5.41. The lowest BCUT2D eigenvalue weighted by Crippen LogP contribution is -2.37. The van der Waals surface area contributed by atoms with Crippen LogP contribution in [0.2, 0.25) is 0 Å². The Labute approximate surface area is 121 Å². The largest absolute Gasteiger partial charge is 0.318 e.